The van der Waals surface area contributed by atoms with E-state index in [1.165, 1.54) is 11.8 Å². The number of hydrogen-bond donors (Lipinski definition) is 3. The van der Waals surface area contributed by atoms with Crippen molar-refractivity contribution in [2.75, 3.05) is 12.4 Å². The lowest BCUT2D eigenvalue weighted by Gasteiger charge is -2.07. The van der Waals surface area contributed by atoms with Gasteiger partial charge < -0.3 is 15.3 Å². The highest BCUT2D eigenvalue weighted by Gasteiger charge is 2.05. The molecular formula is C10H15NO3S. The second-order valence-corrected chi connectivity index (χ2v) is 4.34. The minimum Gasteiger partial charge on any atom is -0.394 e. The Morgan fingerprint density at radius 3 is 2.60 bits per heavy atom. The molecule has 1 unspecified atom stereocenters. The summed E-state index contributed by atoms with van der Waals surface area (Å²) in [5, 5.41) is 27.0. The maximum absolute atomic E-state index is 9.23. The lowest BCUT2D eigenvalue weighted by atomic mass is 10.2. The van der Waals surface area contributed by atoms with Gasteiger partial charge in [0.1, 0.15) is 0 Å². The molecule has 1 aromatic rings. The van der Waals surface area contributed by atoms with E-state index in [4.69, 9.17) is 10.2 Å². The molecule has 0 amide bonds. The van der Waals surface area contributed by atoms with Crippen LogP contribution in [0.1, 0.15) is 18.7 Å². The van der Waals surface area contributed by atoms with Gasteiger partial charge >= 0.3 is 0 Å². The van der Waals surface area contributed by atoms with E-state index in [0.29, 0.717) is 11.4 Å². The van der Waals surface area contributed by atoms with Crippen molar-refractivity contribution in [1.29, 1.82) is 0 Å². The second-order valence-electron chi connectivity index (χ2n) is 3.24. The summed E-state index contributed by atoms with van der Waals surface area (Å²) in [6, 6.07) is 3.59. The number of pyridine rings is 1. The van der Waals surface area contributed by atoms with Crippen molar-refractivity contribution in [2.45, 2.75) is 24.0 Å². The third kappa shape index (κ3) is 4.17. The van der Waals surface area contributed by atoms with Crippen LogP contribution in [-0.2, 0) is 0 Å². The summed E-state index contributed by atoms with van der Waals surface area (Å²) < 4.78 is 0. The molecule has 0 saturated carbocycles. The van der Waals surface area contributed by atoms with E-state index in [1.807, 2.05) is 6.07 Å². The molecule has 0 fully saturated rings. The van der Waals surface area contributed by atoms with Crippen LogP contribution >= 0.6 is 11.8 Å². The zero-order valence-electron chi connectivity index (χ0n) is 8.50. The Kier molecular flexibility index (Phi) is 5.04. The molecular weight excluding hydrogens is 214 g/mol. The quantitative estimate of drug-likeness (QED) is 0.644. The summed E-state index contributed by atoms with van der Waals surface area (Å²) in [6.45, 7) is 1.43. The molecule has 5 heteroatoms. The molecule has 0 spiro atoms. The Hall–Kier alpha value is -0.620. The number of aromatic nitrogens is 1. The molecule has 84 valence electrons. The zero-order chi connectivity index (χ0) is 11.3. The van der Waals surface area contributed by atoms with E-state index in [9.17, 15) is 5.11 Å². The lowest BCUT2D eigenvalue weighted by molar-refractivity contribution is 0.113. The van der Waals surface area contributed by atoms with Crippen molar-refractivity contribution in [1.82, 2.24) is 4.98 Å². The predicted octanol–water partition coefficient (Wildman–Crippen LogP) is 0.580. The minimum atomic E-state index is -0.702. The largest absolute Gasteiger partial charge is 0.394 e. The van der Waals surface area contributed by atoms with Crippen LogP contribution in [0.4, 0.5) is 0 Å². The number of nitrogens with zero attached hydrogens (tertiary/aromatic N) is 1. The molecule has 0 radical (unpaired) electrons. The van der Waals surface area contributed by atoms with Crippen molar-refractivity contribution in [2.24, 2.45) is 0 Å². The van der Waals surface area contributed by atoms with Gasteiger partial charge in [-0.25, -0.2) is 0 Å². The van der Waals surface area contributed by atoms with Gasteiger partial charge in [0, 0.05) is 16.8 Å². The number of aliphatic hydroxyl groups is 3. The van der Waals surface area contributed by atoms with E-state index < -0.39 is 12.2 Å². The first-order chi connectivity index (χ1) is 7.13. The summed E-state index contributed by atoms with van der Waals surface area (Å²) in [6.07, 6.45) is 0.384. The fourth-order valence-corrected chi connectivity index (χ4v) is 1.75. The molecule has 4 nitrogen and oxygen atoms in total. The third-order valence-corrected chi connectivity index (χ3v) is 2.97. The first-order valence-corrected chi connectivity index (χ1v) is 5.67. The highest BCUT2D eigenvalue weighted by Crippen LogP contribution is 2.19. The SMILES string of the molecule is C[C@H](O)c1ccc(SCC(O)CO)cn1. The van der Waals surface area contributed by atoms with Gasteiger partial charge in [0.05, 0.1) is 24.5 Å². The summed E-state index contributed by atoms with van der Waals surface area (Å²) in [5.74, 6) is 0.437. The van der Waals surface area contributed by atoms with Gasteiger partial charge in [-0.3, -0.25) is 4.98 Å². The van der Waals surface area contributed by atoms with Crippen LogP contribution in [-0.4, -0.2) is 38.8 Å². The fraction of sp³-hybridized carbons (Fsp3) is 0.500. The minimum absolute atomic E-state index is 0.230. The van der Waals surface area contributed by atoms with Crippen LogP contribution in [0.25, 0.3) is 0 Å². The van der Waals surface area contributed by atoms with Gasteiger partial charge in [-0.2, -0.15) is 0 Å². The summed E-state index contributed by atoms with van der Waals surface area (Å²) in [4.78, 5) is 4.98. The molecule has 0 aliphatic heterocycles. The first-order valence-electron chi connectivity index (χ1n) is 4.69. The normalized spacial score (nSPS) is 14.9. The molecule has 0 aromatic carbocycles. The summed E-state index contributed by atoms with van der Waals surface area (Å²) in [5.41, 5.74) is 0.627. The number of aliphatic hydroxyl groups excluding tert-OH is 3. The molecule has 1 aromatic heterocycles. The highest BCUT2D eigenvalue weighted by atomic mass is 32.2. The fourth-order valence-electron chi connectivity index (χ4n) is 0.969. The van der Waals surface area contributed by atoms with Gasteiger partial charge in [0.15, 0.2) is 0 Å². The van der Waals surface area contributed by atoms with Crippen LogP contribution in [0.5, 0.6) is 0 Å². The van der Waals surface area contributed by atoms with Crippen molar-refractivity contribution in [3.8, 4) is 0 Å². The topological polar surface area (TPSA) is 73.6 Å². The van der Waals surface area contributed by atoms with Gasteiger partial charge in [-0.1, -0.05) is 0 Å². The second kappa shape index (κ2) is 6.07. The van der Waals surface area contributed by atoms with Gasteiger partial charge in [-0.15, -0.1) is 11.8 Å². The smallest absolute Gasteiger partial charge is 0.0931 e. The molecule has 0 saturated heterocycles. The Morgan fingerprint density at radius 2 is 2.13 bits per heavy atom. The highest BCUT2D eigenvalue weighted by molar-refractivity contribution is 7.99. The van der Waals surface area contributed by atoms with E-state index in [0.717, 1.165) is 4.90 Å². The molecule has 1 heterocycles. The average molecular weight is 229 g/mol. The molecule has 1 rings (SSSR count). The average Bonchev–Trinajstić information content (AvgIpc) is 2.26. The molecule has 3 N–H and O–H groups in total. The number of rotatable bonds is 5. The Morgan fingerprint density at radius 1 is 1.40 bits per heavy atom. The van der Waals surface area contributed by atoms with Crippen molar-refractivity contribution in [3.63, 3.8) is 0 Å². The molecule has 2 atom stereocenters. The van der Waals surface area contributed by atoms with Crippen molar-refractivity contribution >= 4 is 11.8 Å². The van der Waals surface area contributed by atoms with Crippen LogP contribution < -0.4 is 0 Å². The van der Waals surface area contributed by atoms with Crippen LogP contribution in [0, 0.1) is 0 Å². The van der Waals surface area contributed by atoms with E-state index >= 15 is 0 Å². The van der Waals surface area contributed by atoms with Gasteiger partial charge in [0.25, 0.3) is 0 Å². The standard InChI is InChI=1S/C10H15NO3S/c1-7(13)10-3-2-9(4-11-10)15-6-8(14)5-12/h2-4,7-8,12-14H,5-6H2,1H3/t7-,8?/m0/s1. The maximum atomic E-state index is 9.23. The Balaban J connectivity index is 2.50. The van der Waals surface area contributed by atoms with E-state index in [2.05, 4.69) is 4.98 Å². The zero-order valence-corrected chi connectivity index (χ0v) is 9.31. The Labute approximate surface area is 93.0 Å². The first kappa shape index (κ1) is 12.4. The van der Waals surface area contributed by atoms with Crippen LogP contribution in [0.2, 0.25) is 0 Å². The Bertz CT molecular complexity index is 289. The summed E-state index contributed by atoms with van der Waals surface area (Å²) in [7, 11) is 0. The molecule has 15 heavy (non-hydrogen) atoms. The molecule has 0 aliphatic carbocycles. The molecule has 0 bridgehead atoms. The van der Waals surface area contributed by atoms with E-state index in [1.54, 1.807) is 19.2 Å². The predicted molar refractivity (Wildman–Crippen MR) is 58.7 cm³/mol. The van der Waals surface area contributed by atoms with Crippen molar-refractivity contribution in [3.05, 3.63) is 24.0 Å². The van der Waals surface area contributed by atoms with Gasteiger partial charge in [0.2, 0.25) is 0 Å². The number of hydrogen-bond acceptors (Lipinski definition) is 5. The van der Waals surface area contributed by atoms with Crippen LogP contribution in [0.3, 0.4) is 0 Å². The third-order valence-electron chi connectivity index (χ3n) is 1.84. The number of thioether (sulfide) groups is 1. The monoisotopic (exact) mass is 229 g/mol. The van der Waals surface area contributed by atoms with Crippen molar-refractivity contribution < 1.29 is 15.3 Å². The maximum Gasteiger partial charge on any atom is 0.0931 e. The van der Waals surface area contributed by atoms with Gasteiger partial charge in [-0.05, 0) is 19.1 Å². The van der Waals surface area contributed by atoms with Crippen LogP contribution in [0.15, 0.2) is 23.2 Å². The van der Waals surface area contributed by atoms with E-state index in [-0.39, 0.29) is 6.61 Å². The lowest BCUT2D eigenvalue weighted by Crippen LogP contribution is -2.14. The molecule has 0 aliphatic rings. The summed E-state index contributed by atoms with van der Waals surface area (Å²) >= 11 is 1.42.